The van der Waals surface area contributed by atoms with Gasteiger partial charge < -0.3 is 10.1 Å². The van der Waals surface area contributed by atoms with E-state index in [9.17, 15) is 14.9 Å². The quantitative estimate of drug-likeness (QED) is 0.521. The number of nitrogens with one attached hydrogen (secondary N) is 1. The average molecular weight is 308 g/mol. The van der Waals surface area contributed by atoms with Gasteiger partial charge in [-0.1, -0.05) is 6.07 Å². The van der Waals surface area contributed by atoms with Crippen LogP contribution in [0.15, 0.2) is 47.0 Å². The maximum Gasteiger partial charge on any atom is 0.350 e. The third kappa shape index (κ3) is 3.20. The third-order valence-electron chi connectivity index (χ3n) is 2.98. The van der Waals surface area contributed by atoms with Crippen LogP contribution in [0.1, 0.15) is 12.5 Å². The molecule has 0 fully saturated rings. The number of nitrogens with zero attached hydrogens (tertiary/aromatic N) is 3. The fraction of sp³-hybridized carbons (Fsp3) is 0.125. The molecule has 2 aromatic rings. The Morgan fingerprint density at radius 1 is 1.43 bits per heavy atom. The van der Waals surface area contributed by atoms with Crippen molar-refractivity contribution >= 4 is 17.2 Å². The number of hydrogen-bond donors (Lipinski definition) is 1. The van der Waals surface area contributed by atoms with E-state index in [-0.39, 0.29) is 23.4 Å². The third-order valence-corrected chi connectivity index (χ3v) is 2.98. The van der Waals surface area contributed by atoms with Gasteiger partial charge in [-0.05, 0) is 25.1 Å². The van der Waals surface area contributed by atoms with Gasteiger partial charge in [-0.25, -0.2) is 4.79 Å². The Bertz CT molecular complexity index is 929. The first-order chi connectivity index (χ1) is 11.1. The largest absolute Gasteiger partial charge is 0.462 e. The lowest BCUT2D eigenvalue weighted by molar-refractivity contribution is -0.138. The summed E-state index contributed by atoms with van der Waals surface area (Å²) in [5.41, 5.74) is 0.151. The molecule has 114 valence electrons. The summed E-state index contributed by atoms with van der Waals surface area (Å²) < 4.78 is 6.03. The van der Waals surface area contributed by atoms with Gasteiger partial charge in [0.15, 0.2) is 5.57 Å². The molecule has 0 bridgehead atoms. The first-order valence-electron chi connectivity index (χ1n) is 6.70. The molecular weight excluding hydrogens is 296 g/mol. The van der Waals surface area contributed by atoms with E-state index in [2.05, 4.69) is 5.32 Å². The van der Waals surface area contributed by atoms with Gasteiger partial charge in [-0.2, -0.15) is 10.5 Å². The Labute approximate surface area is 131 Å². The molecule has 0 saturated heterocycles. The molecule has 1 N–H and O–H groups in total. The van der Waals surface area contributed by atoms with Crippen LogP contribution in [-0.4, -0.2) is 17.0 Å². The first-order valence-corrected chi connectivity index (χ1v) is 6.70. The van der Waals surface area contributed by atoms with E-state index in [0.717, 1.165) is 6.20 Å². The number of hydrogen-bond acceptors (Lipinski definition) is 6. The molecule has 0 aliphatic rings. The normalized spacial score (nSPS) is 10.7. The van der Waals surface area contributed by atoms with Crippen molar-refractivity contribution in [1.82, 2.24) is 4.40 Å². The summed E-state index contributed by atoms with van der Waals surface area (Å²) in [5.74, 6) is -0.788. The Kier molecular flexibility index (Phi) is 4.75. The molecule has 0 spiro atoms. The Balaban J connectivity index is 2.48. The Hall–Kier alpha value is -3.58. The lowest BCUT2D eigenvalue weighted by atomic mass is 10.2. The molecule has 7 nitrogen and oxygen atoms in total. The van der Waals surface area contributed by atoms with Crippen LogP contribution in [0.25, 0.3) is 5.52 Å². The number of carbonyl (C=O) groups excluding carboxylic acids is 1. The molecule has 0 radical (unpaired) electrons. The van der Waals surface area contributed by atoms with Crippen molar-refractivity contribution in [3.63, 3.8) is 0 Å². The SMILES string of the molecule is CCOC(=O)/C(C#N)=C/Nc1cc(C#N)c2ccccn2c1=O. The fourth-order valence-electron chi connectivity index (χ4n) is 1.94. The molecule has 0 atom stereocenters. The van der Waals surface area contributed by atoms with Gasteiger partial charge in [0, 0.05) is 12.4 Å². The smallest absolute Gasteiger partial charge is 0.350 e. The second-order valence-electron chi connectivity index (χ2n) is 4.38. The second-order valence-corrected chi connectivity index (χ2v) is 4.38. The van der Waals surface area contributed by atoms with E-state index in [1.807, 2.05) is 6.07 Å². The summed E-state index contributed by atoms with van der Waals surface area (Å²) in [6, 6.07) is 10.1. The molecule has 2 heterocycles. The predicted octanol–water partition coefficient (Wildman–Crippen LogP) is 1.55. The number of pyridine rings is 2. The van der Waals surface area contributed by atoms with Crippen molar-refractivity contribution in [2.75, 3.05) is 11.9 Å². The number of anilines is 1. The van der Waals surface area contributed by atoms with Gasteiger partial charge in [0.1, 0.15) is 17.8 Å². The van der Waals surface area contributed by atoms with Crippen LogP contribution in [0.3, 0.4) is 0 Å². The summed E-state index contributed by atoms with van der Waals surface area (Å²) in [6.07, 6.45) is 2.62. The fourth-order valence-corrected chi connectivity index (χ4v) is 1.94. The Morgan fingerprint density at radius 3 is 2.87 bits per heavy atom. The highest BCUT2D eigenvalue weighted by Crippen LogP contribution is 2.12. The van der Waals surface area contributed by atoms with Crippen molar-refractivity contribution in [3.05, 3.63) is 58.2 Å². The van der Waals surface area contributed by atoms with Gasteiger partial charge in [0.25, 0.3) is 5.56 Å². The van der Waals surface area contributed by atoms with Crippen molar-refractivity contribution in [2.24, 2.45) is 0 Å². The molecule has 0 unspecified atom stereocenters. The molecular formula is C16H12N4O3. The topological polar surface area (TPSA) is 107 Å². The van der Waals surface area contributed by atoms with Crippen LogP contribution in [0.2, 0.25) is 0 Å². The zero-order valence-corrected chi connectivity index (χ0v) is 12.2. The summed E-state index contributed by atoms with van der Waals surface area (Å²) in [6.45, 7) is 1.75. The maximum absolute atomic E-state index is 12.4. The second kappa shape index (κ2) is 6.92. The van der Waals surface area contributed by atoms with Gasteiger partial charge in [0.05, 0.1) is 17.7 Å². The van der Waals surface area contributed by atoms with E-state index in [1.54, 1.807) is 31.2 Å². The number of nitriles is 2. The van der Waals surface area contributed by atoms with Crippen molar-refractivity contribution in [1.29, 1.82) is 10.5 Å². The monoisotopic (exact) mass is 308 g/mol. The van der Waals surface area contributed by atoms with E-state index in [0.29, 0.717) is 5.52 Å². The lowest BCUT2D eigenvalue weighted by Crippen LogP contribution is -2.18. The van der Waals surface area contributed by atoms with E-state index < -0.39 is 11.5 Å². The number of ether oxygens (including phenoxy) is 1. The van der Waals surface area contributed by atoms with Crippen LogP contribution in [-0.2, 0) is 9.53 Å². The van der Waals surface area contributed by atoms with Crippen LogP contribution >= 0.6 is 0 Å². The van der Waals surface area contributed by atoms with Crippen LogP contribution in [0.5, 0.6) is 0 Å². The highest BCUT2D eigenvalue weighted by Gasteiger charge is 2.11. The van der Waals surface area contributed by atoms with Crippen molar-refractivity contribution in [2.45, 2.75) is 6.92 Å². The predicted molar refractivity (Wildman–Crippen MR) is 82.3 cm³/mol. The number of esters is 1. The molecule has 2 rings (SSSR count). The summed E-state index contributed by atoms with van der Waals surface area (Å²) in [5, 5.41) is 20.7. The van der Waals surface area contributed by atoms with E-state index in [1.165, 1.54) is 16.7 Å². The number of fused-ring (bicyclic) bond motifs is 1. The zero-order valence-electron chi connectivity index (χ0n) is 12.2. The highest BCUT2D eigenvalue weighted by atomic mass is 16.5. The van der Waals surface area contributed by atoms with Crippen LogP contribution < -0.4 is 10.9 Å². The molecule has 0 aromatic carbocycles. The number of aromatic nitrogens is 1. The zero-order chi connectivity index (χ0) is 16.8. The summed E-state index contributed by atoms with van der Waals surface area (Å²) in [7, 11) is 0. The van der Waals surface area contributed by atoms with Crippen molar-refractivity contribution < 1.29 is 9.53 Å². The maximum atomic E-state index is 12.4. The first kappa shape index (κ1) is 15.8. The van der Waals surface area contributed by atoms with Gasteiger partial charge in [-0.3, -0.25) is 9.20 Å². The van der Waals surface area contributed by atoms with Gasteiger partial charge in [-0.15, -0.1) is 0 Å². The van der Waals surface area contributed by atoms with E-state index >= 15 is 0 Å². The molecule has 0 amide bonds. The number of rotatable bonds is 4. The minimum Gasteiger partial charge on any atom is -0.462 e. The summed E-state index contributed by atoms with van der Waals surface area (Å²) in [4.78, 5) is 23.9. The average Bonchev–Trinajstić information content (AvgIpc) is 2.57. The standard InChI is InChI=1S/C16H12N4O3/c1-2-23-16(22)12(9-18)10-19-13-7-11(8-17)14-5-3-4-6-20(14)15(13)21/h3-7,10,19H,2H2,1H3/b12-10+. The van der Waals surface area contributed by atoms with Crippen LogP contribution in [0.4, 0.5) is 5.69 Å². The number of carbonyl (C=O) groups is 1. The molecule has 0 saturated carbocycles. The molecule has 23 heavy (non-hydrogen) atoms. The molecule has 0 aliphatic heterocycles. The molecule has 7 heteroatoms. The minimum atomic E-state index is -0.788. The molecule has 2 aromatic heterocycles. The summed E-state index contributed by atoms with van der Waals surface area (Å²) >= 11 is 0. The van der Waals surface area contributed by atoms with Gasteiger partial charge in [0.2, 0.25) is 0 Å². The minimum absolute atomic E-state index is 0.0716. The molecule has 0 aliphatic carbocycles. The van der Waals surface area contributed by atoms with Crippen LogP contribution in [0, 0.1) is 22.7 Å². The highest BCUT2D eigenvalue weighted by molar-refractivity contribution is 5.93. The van der Waals surface area contributed by atoms with Gasteiger partial charge >= 0.3 is 5.97 Å². The lowest BCUT2D eigenvalue weighted by Gasteiger charge is -2.07. The van der Waals surface area contributed by atoms with E-state index in [4.69, 9.17) is 10.00 Å². The Morgan fingerprint density at radius 2 is 2.22 bits per heavy atom. The van der Waals surface area contributed by atoms with Crippen molar-refractivity contribution in [3.8, 4) is 12.1 Å².